The van der Waals surface area contributed by atoms with Crippen molar-refractivity contribution in [1.29, 1.82) is 0 Å². The van der Waals surface area contributed by atoms with Crippen molar-refractivity contribution in [2.75, 3.05) is 5.32 Å². The van der Waals surface area contributed by atoms with Crippen LogP contribution in [0.3, 0.4) is 0 Å². The number of primary amides is 1. The minimum atomic E-state index is -0.502. The van der Waals surface area contributed by atoms with Gasteiger partial charge in [0.25, 0.3) is 5.91 Å². The maximum absolute atomic E-state index is 12.1. The number of aryl methyl sites for hydroxylation is 1. The molecule has 2 amide bonds. The number of hydrogen-bond acceptors (Lipinski definition) is 3. The Balaban J connectivity index is 1.99. The lowest BCUT2D eigenvalue weighted by molar-refractivity contribution is 0.0975. The molecule has 0 unspecified atom stereocenters. The van der Waals surface area contributed by atoms with Gasteiger partial charge in [0.05, 0.1) is 0 Å². The molecule has 0 aliphatic rings. The lowest BCUT2D eigenvalue weighted by atomic mass is 10.1. The molecule has 2 aromatic carbocycles. The summed E-state index contributed by atoms with van der Waals surface area (Å²) in [7, 11) is 0. The number of nitrogens with one attached hydrogen (secondary N) is 2. The third-order valence-electron chi connectivity index (χ3n) is 3.09. The first-order valence-electron chi connectivity index (χ1n) is 6.65. The molecule has 0 saturated heterocycles. The average Bonchev–Trinajstić information content (AvgIpc) is 2.50. The number of rotatable bonds is 3. The largest absolute Gasteiger partial charge is 0.366 e. The smallest absolute Gasteiger partial charge is 0.257 e. The summed E-state index contributed by atoms with van der Waals surface area (Å²) in [6.45, 7) is 1.94. The maximum atomic E-state index is 12.1. The van der Waals surface area contributed by atoms with Crippen molar-refractivity contribution in [2.45, 2.75) is 6.92 Å². The summed E-state index contributed by atoms with van der Waals surface area (Å²) < 4.78 is 0.853. The number of carbonyl (C=O) groups is 2. The van der Waals surface area contributed by atoms with Gasteiger partial charge in [0, 0.05) is 21.3 Å². The number of carbonyl (C=O) groups excluding carboxylic acids is 2. The molecular formula is C16H14BrN3O2S. The summed E-state index contributed by atoms with van der Waals surface area (Å²) in [5.74, 6) is -0.811. The minimum absolute atomic E-state index is 0.165. The molecular weight excluding hydrogens is 378 g/mol. The fourth-order valence-corrected chi connectivity index (χ4v) is 2.38. The van der Waals surface area contributed by atoms with Gasteiger partial charge in [-0.15, -0.1) is 0 Å². The third kappa shape index (κ3) is 4.61. The van der Waals surface area contributed by atoms with Crippen LogP contribution in [-0.2, 0) is 0 Å². The van der Waals surface area contributed by atoms with Crippen LogP contribution in [0.2, 0.25) is 0 Å². The number of hydrogen-bond donors (Lipinski definition) is 3. The average molecular weight is 392 g/mol. The maximum Gasteiger partial charge on any atom is 0.257 e. The molecule has 23 heavy (non-hydrogen) atoms. The van der Waals surface area contributed by atoms with Crippen LogP contribution < -0.4 is 16.4 Å². The van der Waals surface area contributed by atoms with E-state index < -0.39 is 5.91 Å². The van der Waals surface area contributed by atoms with Crippen LogP contribution >= 0.6 is 28.1 Å². The van der Waals surface area contributed by atoms with Gasteiger partial charge in [-0.3, -0.25) is 14.9 Å². The van der Waals surface area contributed by atoms with Crippen LogP contribution in [0.5, 0.6) is 0 Å². The van der Waals surface area contributed by atoms with E-state index in [0.717, 1.165) is 10.0 Å². The summed E-state index contributed by atoms with van der Waals surface area (Å²) in [5.41, 5.74) is 7.75. The quantitative estimate of drug-likeness (QED) is 0.702. The summed E-state index contributed by atoms with van der Waals surface area (Å²) in [6, 6.07) is 11.8. The predicted octanol–water partition coefficient (Wildman–Crippen LogP) is 2.98. The van der Waals surface area contributed by atoms with Gasteiger partial charge in [-0.2, -0.15) is 0 Å². The van der Waals surface area contributed by atoms with Crippen LogP contribution in [0.1, 0.15) is 26.3 Å². The SMILES string of the molecule is Cc1ccc(C(=O)NC(=S)Nc2ccc(C(N)=O)cc2)cc1Br. The number of halogens is 1. The fraction of sp³-hybridized carbons (Fsp3) is 0.0625. The van der Waals surface area contributed by atoms with Crippen molar-refractivity contribution in [3.63, 3.8) is 0 Å². The monoisotopic (exact) mass is 391 g/mol. The minimum Gasteiger partial charge on any atom is -0.366 e. The Bertz CT molecular complexity index is 775. The van der Waals surface area contributed by atoms with E-state index in [1.54, 1.807) is 36.4 Å². The first-order valence-corrected chi connectivity index (χ1v) is 7.85. The van der Waals surface area contributed by atoms with Crippen LogP contribution in [0, 0.1) is 6.92 Å². The topological polar surface area (TPSA) is 84.2 Å². The molecule has 5 nitrogen and oxygen atoms in total. The van der Waals surface area contributed by atoms with Gasteiger partial charge in [-0.1, -0.05) is 22.0 Å². The van der Waals surface area contributed by atoms with E-state index in [1.807, 2.05) is 13.0 Å². The Kier molecular flexibility index (Phi) is 5.46. The second kappa shape index (κ2) is 7.34. The zero-order chi connectivity index (χ0) is 17.0. The van der Waals surface area contributed by atoms with Crippen molar-refractivity contribution in [3.8, 4) is 0 Å². The molecule has 2 aromatic rings. The second-order valence-electron chi connectivity index (χ2n) is 4.81. The molecule has 2 rings (SSSR count). The van der Waals surface area contributed by atoms with Crippen molar-refractivity contribution in [1.82, 2.24) is 5.32 Å². The number of anilines is 1. The van der Waals surface area contributed by atoms with Crippen molar-refractivity contribution in [3.05, 3.63) is 63.6 Å². The molecule has 0 spiro atoms. The molecule has 0 aliphatic heterocycles. The normalized spacial score (nSPS) is 10.0. The van der Waals surface area contributed by atoms with Crippen LogP contribution in [0.4, 0.5) is 5.69 Å². The van der Waals surface area contributed by atoms with E-state index in [-0.39, 0.29) is 11.0 Å². The first-order chi connectivity index (χ1) is 10.9. The fourth-order valence-electron chi connectivity index (χ4n) is 1.79. The molecule has 0 heterocycles. The van der Waals surface area contributed by atoms with Crippen LogP contribution in [0.25, 0.3) is 0 Å². The van der Waals surface area contributed by atoms with Gasteiger partial charge in [0.1, 0.15) is 0 Å². The molecule has 7 heteroatoms. The van der Waals surface area contributed by atoms with Gasteiger partial charge < -0.3 is 11.1 Å². The zero-order valence-electron chi connectivity index (χ0n) is 12.2. The highest BCUT2D eigenvalue weighted by Crippen LogP contribution is 2.17. The molecule has 0 atom stereocenters. The van der Waals surface area contributed by atoms with Gasteiger partial charge in [0.15, 0.2) is 5.11 Å². The van der Waals surface area contributed by atoms with Gasteiger partial charge >= 0.3 is 0 Å². The van der Waals surface area contributed by atoms with Crippen molar-refractivity contribution < 1.29 is 9.59 Å². The molecule has 4 N–H and O–H groups in total. The van der Waals surface area contributed by atoms with Crippen molar-refractivity contribution in [2.24, 2.45) is 5.73 Å². The van der Waals surface area contributed by atoms with Gasteiger partial charge in [-0.05, 0) is 61.1 Å². The number of thiocarbonyl (C=S) groups is 1. The van der Waals surface area contributed by atoms with Crippen molar-refractivity contribution >= 4 is 50.8 Å². The zero-order valence-corrected chi connectivity index (χ0v) is 14.6. The highest BCUT2D eigenvalue weighted by Gasteiger charge is 2.09. The van der Waals surface area contributed by atoms with E-state index in [2.05, 4.69) is 26.6 Å². The van der Waals surface area contributed by atoms with E-state index >= 15 is 0 Å². The molecule has 0 fully saturated rings. The lowest BCUT2D eigenvalue weighted by Crippen LogP contribution is -2.34. The molecule has 0 bridgehead atoms. The second-order valence-corrected chi connectivity index (χ2v) is 6.08. The lowest BCUT2D eigenvalue weighted by Gasteiger charge is -2.10. The van der Waals surface area contributed by atoms with Gasteiger partial charge in [0.2, 0.25) is 5.91 Å². The Hall–Kier alpha value is -2.25. The molecule has 0 radical (unpaired) electrons. The van der Waals surface area contributed by atoms with Crippen LogP contribution in [-0.4, -0.2) is 16.9 Å². The first kappa shape index (κ1) is 17.1. The third-order valence-corrected chi connectivity index (χ3v) is 4.15. The highest BCUT2D eigenvalue weighted by molar-refractivity contribution is 9.10. The van der Waals surface area contributed by atoms with Crippen LogP contribution in [0.15, 0.2) is 46.9 Å². The molecule has 0 aromatic heterocycles. The Morgan fingerprint density at radius 2 is 1.70 bits per heavy atom. The number of amides is 2. The summed E-state index contributed by atoms with van der Waals surface area (Å²) in [4.78, 5) is 23.1. The van der Waals surface area contributed by atoms with Gasteiger partial charge in [-0.25, -0.2) is 0 Å². The molecule has 118 valence electrons. The highest BCUT2D eigenvalue weighted by atomic mass is 79.9. The summed E-state index contributed by atoms with van der Waals surface area (Å²) in [6.07, 6.45) is 0. The Morgan fingerprint density at radius 3 is 2.26 bits per heavy atom. The number of nitrogens with two attached hydrogens (primary N) is 1. The standard InChI is InChI=1S/C16H14BrN3O2S/c1-9-2-3-11(8-13(9)17)15(22)20-16(23)19-12-6-4-10(5-7-12)14(18)21/h2-8H,1H3,(H2,18,21)(H2,19,20,22,23). The van der Waals surface area contributed by atoms with E-state index in [1.165, 1.54) is 0 Å². The Labute approximate surface area is 147 Å². The predicted molar refractivity (Wildman–Crippen MR) is 97.5 cm³/mol. The summed E-state index contributed by atoms with van der Waals surface area (Å²) >= 11 is 8.50. The summed E-state index contributed by atoms with van der Waals surface area (Å²) in [5, 5.41) is 5.63. The van der Waals surface area contributed by atoms with E-state index in [0.29, 0.717) is 16.8 Å². The number of benzene rings is 2. The van der Waals surface area contributed by atoms with E-state index in [9.17, 15) is 9.59 Å². The molecule has 0 saturated carbocycles. The Morgan fingerprint density at radius 1 is 1.09 bits per heavy atom. The van der Waals surface area contributed by atoms with E-state index in [4.69, 9.17) is 18.0 Å². The molecule has 0 aliphatic carbocycles.